The molecule has 4 heteroatoms. The van der Waals surface area contributed by atoms with Crippen LogP contribution in [0.3, 0.4) is 0 Å². The van der Waals surface area contributed by atoms with Gasteiger partial charge >= 0.3 is 6.09 Å². The second-order valence-corrected chi connectivity index (χ2v) is 5.91. The summed E-state index contributed by atoms with van der Waals surface area (Å²) < 4.78 is 5.27. The fourth-order valence-electron chi connectivity index (χ4n) is 2.23. The van der Waals surface area contributed by atoms with Crippen molar-refractivity contribution in [1.29, 1.82) is 0 Å². The van der Waals surface area contributed by atoms with Gasteiger partial charge in [0.1, 0.15) is 5.60 Å². The second-order valence-electron chi connectivity index (χ2n) is 5.91. The van der Waals surface area contributed by atoms with Crippen molar-refractivity contribution in [3.8, 4) is 0 Å². The number of hydrogen-bond donors (Lipinski definition) is 1. The molecule has 1 N–H and O–H groups in total. The van der Waals surface area contributed by atoms with Crippen molar-refractivity contribution in [1.82, 2.24) is 5.32 Å². The molecule has 1 amide bonds. The zero-order chi connectivity index (χ0) is 13.9. The molecule has 0 bridgehead atoms. The maximum atomic E-state index is 11.7. The topological polar surface area (TPSA) is 41.6 Å². The fraction of sp³-hybridized carbons (Fsp3) is 0.533. The molecule has 1 aromatic carbocycles. The fourth-order valence-corrected chi connectivity index (χ4v) is 2.23. The van der Waals surface area contributed by atoms with Crippen LogP contribution in [0.15, 0.2) is 30.3 Å². The van der Waals surface area contributed by atoms with Crippen LogP contribution in [-0.4, -0.2) is 30.8 Å². The molecule has 0 aromatic heterocycles. The highest BCUT2D eigenvalue weighted by Gasteiger charge is 2.26. The molecule has 1 atom stereocenters. The van der Waals surface area contributed by atoms with Crippen molar-refractivity contribution in [2.24, 2.45) is 0 Å². The number of carbonyl (C=O) groups excluding carboxylic acids is 1. The van der Waals surface area contributed by atoms with E-state index in [0.29, 0.717) is 0 Å². The zero-order valence-corrected chi connectivity index (χ0v) is 11.8. The monoisotopic (exact) mass is 262 g/mol. The van der Waals surface area contributed by atoms with Gasteiger partial charge in [0.25, 0.3) is 0 Å². The lowest BCUT2D eigenvalue weighted by atomic mass is 10.2. The Kier molecular flexibility index (Phi) is 3.98. The number of rotatable bonds is 2. The number of benzene rings is 1. The van der Waals surface area contributed by atoms with Crippen LogP contribution in [0.5, 0.6) is 0 Å². The average molecular weight is 262 g/mol. The predicted molar refractivity (Wildman–Crippen MR) is 76.4 cm³/mol. The number of carbonyl (C=O) groups is 1. The zero-order valence-electron chi connectivity index (χ0n) is 11.8. The van der Waals surface area contributed by atoms with Gasteiger partial charge in [-0.1, -0.05) is 18.2 Å². The second kappa shape index (κ2) is 5.51. The number of alkyl carbamates (subject to hydrolysis) is 1. The summed E-state index contributed by atoms with van der Waals surface area (Å²) in [7, 11) is 0. The van der Waals surface area contributed by atoms with Crippen LogP contribution in [0.4, 0.5) is 10.5 Å². The summed E-state index contributed by atoms with van der Waals surface area (Å²) in [5, 5.41) is 2.93. The minimum absolute atomic E-state index is 0.162. The molecule has 1 aliphatic heterocycles. The molecule has 4 nitrogen and oxygen atoms in total. The maximum absolute atomic E-state index is 11.7. The summed E-state index contributed by atoms with van der Waals surface area (Å²) in [6.07, 6.45) is 0.626. The Hall–Kier alpha value is -1.71. The number of ether oxygens (including phenoxy) is 1. The number of amides is 1. The molecule has 1 heterocycles. The Balaban J connectivity index is 1.84. The standard InChI is InChI=1S/C15H22N2O2/c1-15(2,3)19-14(18)16-12-9-10-17(11-12)13-7-5-4-6-8-13/h4-8,12H,9-11H2,1-3H3,(H,16,18). The third-order valence-corrected chi connectivity index (χ3v) is 3.03. The van der Waals surface area contributed by atoms with E-state index in [1.807, 2.05) is 39.0 Å². The van der Waals surface area contributed by atoms with E-state index in [9.17, 15) is 4.79 Å². The van der Waals surface area contributed by atoms with Crippen LogP contribution >= 0.6 is 0 Å². The quantitative estimate of drug-likeness (QED) is 0.891. The van der Waals surface area contributed by atoms with Crippen LogP contribution in [0.25, 0.3) is 0 Å². The average Bonchev–Trinajstić information content (AvgIpc) is 2.76. The normalized spacial score (nSPS) is 19.3. The van der Waals surface area contributed by atoms with Gasteiger partial charge in [-0.25, -0.2) is 4.79 Å². The molecule has 0 spiro atoms. The largest absolute Gasteiger partial charge is 0.444 e. The Morgan fingerprint density at radius 2 is 2.00 bits per heavy atom. The highest BCUT2D eigenvalue weighted by atomic mass is 16.6. The molecular formula is C15H22N2O2. The van der Waals surface area contributed by atoms with Gasteiger partial charge in [-0.15, -0.1) is 0 Å². The molecule has 19 heavy (non-hydrogen) atoms. The van der Waals surface area contributed by atoms with Crippen LogP contribution in [0.1, 0.15) is 27.2 Å². The molecule has 104 valence electrons. The summed E-state index contributed by atoms with van der Waals surface area (Å²) in [6, 6.07) is 10.4. The van der Waals surface area contributed by atoms with E-state index in [1.54, 1.807) is 0 Å². The molecule has 0 saturated carbocycles. The van der Waals surface area contributed by atoms with Gasteiger partial charge in [-0.3, -0.25) is 0 Å². The molecule has 0 aliphatic carbocycles. The molecule has 1 unspecified atom stereocenters. The number of nitrogens with zero attached hydrogens (tertiary/aromatic N) is 1. The number of hydrogen-bond acceptors (Lipinski definition) is 3. The molecule has 1 fully saturated rings. The maximum Gasteiger partial charge on any atom is 0.407 e. The van der Waals surface area contributed by atoms with Crippen LogP contribution in [0, 0.1) is 0 Å². The summed E-state index contributed by atoms with van der Waals surface area (Å²) in [6.45, 7) is 7.42. The van der Waals surface area contributed by atoms with Gasteiger partial charge in [-0.05, 0) is 39.3 Å². The number of nitrogens with one attached hydrogen (secondary N) is 1. The lowest BCUT2D eigenvalue weighted by Gasteiger charge is -2.22. The van der Waals surface area contributed by atoms with Gasteiger partial charge in [0.05, 0.1) is 6.04 Å². The third kappa shape index (κ3) is 4.16. The van der Waals surface area contributed by atoms with E-state index in [-0.39, 0.29) is 12.1 Å². The van der Waals surface area contributed by atoms with E-state index in [2.05, 4.69) is 22.3 Å². The summed E-state index contributed by atoms with van der Waals surface area (Å²) in [5.41, 5.74) is 0.762. The molecule has 1 aromatic rings. The molecule has 1 saturated heterocycles. The number of anilines is 1. The highest BCUT2D eigenvalue weighted by Crippen LogP contribution is 2.20. The Bertz CT molecular complexity index is 426. The minimum Gasteiger partial charge on any atom is -0.444 e. The smallest absolute Gasteiger partial charge is 0.407 e. The van der Waals surface area contributed by atoms with Gasteiger partial charge in [0, 0.05) is 18.8 Å². The van der Waals surface area contributed by atoms with E-state index in [0.717, 1.165) is 19.5 Å². The van der Waals surface area contributed by atoms with Gasteiger partial charge in [-0.2, -0.15) is 0 Å². The van der Waals surface area contributed by atoms with Crippen molar-refractivity contribution in [3.05, 3.63) is 30.3 Å². The van der Waals surface area contributed by atoms with Gasteiger partial charge in [0.15, 0.2) is 0 Å². The van der Waals surface area contributed by atoms with Crippen LogP contribution < -0.4 is 10.2 Å². The van der Waals surface area contributed by atoms with Crippen LogP contribution in [0.2, 0.25) is 0 Å². The van der Waals surface area contributed by atoms with E-state index < -0.39 is 5.60 Å². The summed E-state index contributed by atoms with van der Waals surface area (Å²) in [4.78, 5) is 14.0. The van der Waals surface area contributed by atoms with Crippen molar-refractivity contribution < 1.29 is 9.53 Å². The van der Waals surface area contributed by atoms with Crippen molar-refractivity contribution in [2.75, 3.05) is 18.0 Å². The Labute approximate surface area is 114 Å². The summed E-state index contributed by atoms with van der Waals surface area (Å²) in [5.74, 6) is 0. The first-order chi connectivity index (χ1) is 8.94. The molecule has 0 radical (unpaired) electrons. The Morgan fingerprint density at radius 3 is 2.63 bits per heavy atom. The summed E-state index contributed by atoms with van der Waals surface area (Å²) >= 11 is 0. The lowest BCUT2D eigenvalue weighted by molar-refractivity contribution is 0.0509. The SMILES string of the molecule is CC(C)(C)OC(=O)NC1CCN(c2ccccc2)C1. The first-order valence-corrected chi connectivity index (χ1v) is 6.73. The first kappa shape index (κ1) is 13.7. The van der Waals surface area contributed by atoms with Crippen molar-refractivity contribution in [2.45, 2.75) is 38.8 Å². The van der Waals surface area contributed by atoms with Gasteiger partial charge in [0.2, 0.25) is 0 Å². The predicted octanol–water partition coefficient (Wildman–Crippen LogP) is 2.79. The van der Waals surface area contributed by atoms with E-state index in [1.165, 1.54) is 5.69 Å². The molecule has 2 rings (SSSR count). The van der Waals surface area contributed by atoms with E-state index >= 15 is 0 Å². The Morgan fingerprint density at radius 1 is 1.32 bits per heavy atom. The minimum atomic E-state index is -0.443. The van der Waals surface area contributed by atoms with Gasteiger partial charge < -0.3 is 15.0 Å². The number of para-hydroxylation sites is 1. The third-order valence-electron chi connectivity index (χ3n) is 3.03. The van der Waals surface area contributed by atoms with Crippen molar-refractivity contribution in [3.63, 3.8) is 0 Å². The molecule has 1 aliphatic rings. The lowest BCUT2D eigenvalue weighted by Crippen LogP contribution is -2.40. The molecular weight excluding hydrogens is 240 g/mol. The van der Waals surface area contributed by atoms with Crippen LogP contribution in [-0.2, 0) is 4.74 Å². The van der Waals surface area contributed by atoms with Crippen molar-refractivity contribution >= 4 is 11.8 Å². The first-order valence-electron chi connectivity index (χ1n) is 6.73. The highest BCUT2D eigenvalue weighted by molar-refractivity contribution is 5.68. The van der Waals surface area contributed by atoms with E-state index in [4.69, 9.17) is 4.74 Å².